The Bertz CT molecular complexity index is 537. The zero-order valence-electron chi connectivity index (χ0n) is 8.95. The summed E-state index contributed by atoms with van der Waals surface area (Å²) < 4.78 is 12.0. The molecule has 2 aromatic rings. The number of rotatable bonds is 2. The van der Waals surface area contributed by atoms with Crippen molar-refractivity contribution in [3.05, 3.63) is 51.9 Å². The molecular formula is C13H10BrClO2. The maximum absolute atomic E-state index is 6.43. The number of benzene rings is 1. The number of alkyl halides is 1. The number of fused-ring (bicyclic) bond motifs is 1. The molecule has 0 N–H and O–H groups in total. The Morgan fingerprint density at radius 1 is 1.35 bits per heavy atom. The van der Waals surface area contributed by atoms with E-state index in [1.807, 2.05) is 18.2 Å². The number of ether oxygens (including phenoxy) is 1. The fourth-order valence-corrected chi connectivity index (χ4v) is 2.88. The lowest BCUT2D eigenvalue weighted by atomic mass is 10.0. The molecule has 0 saturated carbocycles. The van der Waals surface area contributed by atoms with Crippen LogP contribution in [-0.2, 0) is 6.42 Å². The van der Waals surface area contributed by atoms with E-state index >= 15 is 0 Å². The first-order chi connectivity index (χ1) is 8.25. The molecule has 1 aromatic carbocycles. The summed E-state index contributed by atoms with van der Waals surface area (Å²) in [6.07, 6.45) is 2.56. The summed E-state index contributed by atoms with van der Waals surface area (Å²) in [7, 11) is 0. The van der Waals surface area contributed by atoms with E-state index < -0.39 is 0 Å². The lowest BCUT2D eigenvalue weighted by Crippen LogP contribution is -1.96. The van der Waals surface area contributed by atoms with Crippen LogP contribution in [0.4, 0.5) is 0 Å². The van der Waals surface area contributed by atoms with Gasteiger partial charge in [-0.25, -0.2) is 0 Å². The van der Waals surface area contributed by atoms with Crippen LogP contribution in [0.3, 0.4) is 0 Å². The lowest BCUT2D eigenvalue weighted by Gasteiger charge is -2.12. The molecule has 0 aliphatic carbocycles. The van der Waals surface area contributed by atoms with E-state index in [0.717, 1.165) is 34.6 Å². The van der Waals surface area contributed by atoms with E-state index in [2.05, 4.69) is 22.0 Å². The summed E-state index contributed by atoms with van der Waals surface area (Å²) in [5.41, 5.74) is 2.16. The molecule has 4 heteroatoms. The number of halogens is 2. The van der Waals surface area contributed by atoms with Crippen LogP contribution in [0.1, 0.15) is 22.3 Å². The van der Waals surface area contributed by atoms with Crippen LogP contribution in [0.5, 0.6) is 5.75 Å². The predicted molar refractivity (Wildman–Crippen MR) is 69.7 cm³/mol. The Morgan fingerprint density at radius 3 is 3.00 bits per heavy atom. The Labute approximate surface area is 113 Å². The zero-order chi connectivity index (χ0) is 11.8. The van der Waals surface area contributed by atoms with Crippen molar-refractivity contribution in [1.82, 2.24) is 0 Å². The lowest BCUT2D eigenvalue weighted by molar-refractivity contribution is 0.352. The van der Waals surface area contributed by atoms with Gasteiger partial charge < -0.3 is 9.15 Å². The van der Waals surface area contributed by atoms with Crippen molar-refractivity contribution in [3.63, 3.8) is 0 Å². The van der Waals surface area contributed by atoms with Gasteiger partial charge in [-0.2, -0.15) is 0 Å². The molecule has 2 nitrogen and oxygen atoms in total. The summed E-state index contributed by atoms with van der Waals surface area (Å²) in [5.74, 6) is 1.65. The zero-order valence-corrected chi connectivity index (χ0v) is 11.3. The molecule has 0 amide bonds. The van der Waals surface area contributed by atoms with E-state index in [-0.39, 0.29) is 5.38 Å². The second-order valence-electron chi connectivity index (χ2n) is 3.96. The van der Waals surface area contributed by atoms with Gasteiger partial charge in [-0.1, -0.05) is 15.9 Å². The molecule has 1 aromatic heterocycles. The largest absolute Gasteiger partial charge is 0.493 e. The van der Waals surface area contributed by atoms with Gasteiger partial charge in [0.15, 0.2) is 0 Å². The molecule has 0 bridgehead atoms. The van der Waals surface area contributed by atoms with E-state index in [0.29, 0.717) is 0 Å². The first-order valence-electron chi connectivity index (χ1n) is 5.38. The highest BCUT2D eigenvalue weighted by molar-refractivity contribution is 9.10. The van der Waals surface area contributed by atoms with Crippen molar-refractivity contribution in [1.29, 1.82) is 0 Å². The minimum atomic E-state index is -0.311. The number of hydrogen-bond acceptors (Lipinski definition) is 2. The Hall–Kier alpha value is -0.930. The van der Waals surface area contributed by atoms with Crippen LogP contribution in [0.2, 0.25) is 0 Å². The van der Waals surface area contributed by atoms with Gasteiger partial charge in [-0.05, 0) is 29.8 Å². The summed E-state index contributed by atoms with van der Waals surface area (Å²) >= 11 is 9.94. The normalized spacial score (nSPS) is 15.4. The fraction of sp³-hybridized carbons (Fsp3) is 0.231. The topological polar surface area (TPSA) is 22.4 Å². The van der Waals surface area contributed by atoms with Crippen LogP contribution in [0, 0.1) is 0 Å². The standard InChI is InChI=1S/C13H10BrClO2/c14-9-6-8-3-5-17-13(8)10(7-9)12(15)11-2-1-4-16-11/h1-2,4,6-7,12H,3,5H2. The Balaban J connectivity index is 2.09. The molecule has 3 rings (SSSR count). The van der Waals surface area contributed by atoms with E-state index in [1.54, 1.807) is 6.26 Å². The Morgan fingerprint density at radius 2 is 2.24 bits per heavy atom. The summed E-state index contributed by atoms with van der Waals surface area (Å²) in [5, 5.41) is -0.311. The van der Waals surface area contributed by atoms with Crippen molar-refractivity contribution in [2.75, 3.05) is 6.61 Å². The maximum atomic E-state index is 6.43. The smallest absolute Gasteiger partial charge is 0.127 e. The molecule has 1 unspecified atom stereocenters. The fourth-order valence-electron chi connectivity index (χ4n) is 2.07. The van der Waals surface area contributed by atoms with Crippen LogP contribution >= 0.6 is 27.5 Å². The highest BCUT2D eigenvalue weighted by Crippen LogP contribution is 2.41. The third-order valence-corrected chi connectivity index (χ3v) is 3.75. The van der Waals surface area contributed by atoms with Crippen LogP contribution in [0.15, 0.2) is 39.4 Å². The quantitative estimate of drug-likeness (QED) is 0.771. The van der Waals surface area contributed by atoms with Gasteiger partial charge in [0.25, 0.3) is 0 Å². The SMILES string of the molecule is ClC(c1ccco1)c1cc(Br)cc2c1OCC2. The van der Waals surface area contributed by atoms with Crippen LogP contribution in [-0.4, -0.2) is 6.61 Å². The van der Waals surface area contributed by atoms with Crippen molar-refractivity contribution in [2.45, 2.75) is 11.8 Å². The number of furan rings is 1. The highest BCUT2D eigenvalue weighted by atomic mass is 79.9. The van der Waals surface area contributed by atoms with Gasteiger partial charge in [0, 0.05) is 16.5 Å². The van der Waals surface area contributed by atoms with Crippen molar-refractivity contribution in [2.24, 2.45) is 0 Å². The summed E-state index contributed by atoms with van der Waals surface area (Å²) in [6, 6.07) is 7.78. The molecule has 0 saturated heterocycles. The van der Waals surface area contributed by atoms with Gasteiger partial charge >= 0.3 is 0 Å². The monoisotopic (exact) mass is 312 g/mol. The van der Waals surface area contributed by atoms with Gasteiger partial charge in [0.05, 0.1) is 12.9 Å². The van der Waals surface area contributed by atoms with Gasteiger partial charge in [-0.15, -0.1) is 11.6 Å². The van der Waals surface area contributed by atoms with E-state index in [4.69, 9.17) is 20.8 Å². The number of hydrogen-bond donors (Lipinski definition) is 0. The van der Waals surface area contributed by atoms with Gasteiger partial charge in [0.1, 0.15) is 16.9 Å². The third kappa shape index (κ3) is 1.98. The Kier molecular flexibility index (Phi) is 2.89. The molecule has 0 spiro atoms. The van der Waals surface area contributed by atoms with Gasteiger partial charge in [0.2, 0.25) is 0 Å². The van der Waals surface area contributed by atoms with Crippen molar-refractivity contribution >= 4 is 27.5 Å². The van der Waals surface area contributed by atoms with Gasteiger partial charge in [-0.3, -0.25) is 0 Å². The van der Waals surface area contributed by atoms with Crippen LogP contribution < -0.4 is 4.74 Å². The molecular weight excluding hydrogens is 303 g/mol. The molecule has 1 atom stereocenters. The molecule has 17 heavy (non-hydrogen) atoms. The summed E-state index contributed by atoms with van der Waals surface area (Å²) in [4.78, 5) is 0. The molecule has 0 radical (unpaired) electrons. The first-order valence-corrected chi connectivity index (χ1v) is 6.61. The average Bonchev–Trinajstić information content (AvgIpc) is 2.97. The highest BCUT2D eigenvalue weighted by Gasteiger charge is 2.24. The first kappa shape index (κ1) is 11.2. The molecule has 88 valence electrons. The average molecular weight is 314 g/mol. The minimum absolute atomic E-state index is 0.311. The second kappa shape index (κ2) is 4.39. The summed E-state index contributed by atoms with van der Waals surface area (Å²) in [6.45, 7) is 0.723. The molecule has 1 aliphatic heterocycles. The van der Waals surface area contributed by atoms with E-state index in [9.17, 15) is 0 Å². The van der Waals surface area contributed by atoms with Crippen molar-refractivity contribution < 1.29 is 9.15 Å². The predicted octanol–water partition coefficient (Wildman–Crippen LogP) is 4.31. The van der Waals surface area contributed by atoms with Crippen LogP contribution in [0.25, 0.3) is 0 Å². The third-order valence-electron chi connectivity index (χ3n) is 2.84. The second-order valence-corrected chi connectivity index (χ2v) is 5.31. The molecule has 0 fully saturated rings. The molecule has 1 aliphatic rings. The van der Waals surface area contributed by atoms with E-state index in [1.165, 1.54) is 5.56 Å². The minimum Gasteiger partial charge on any atom is -0.493 e. The van der Waals surface area contributed by atoms with Crippen molar-refractivity contribution in [3.8, 4) is 5.75 Å². The molecule has 2 heterocycles. The maximum Gasteiger partial charge on any atom is 0.127 e.